The van der Waals surface area contributed by atoms with Crippen molar-refractivity contribution < 1.29 is 17.2 Å². The monoisotopic (exact) mass is 267 g/mol. The van der Waals surface area contributed by atoms with Gasteiger partial charge in [0.25, 0.3) is 15.5 Å². The van der Waals surface area contributed by atoms with E-state index in [-0.39, 0.29) is 0 Å². The van der Waals surface area contributed by atoms with Gasteiger partial charge in [0.1, 0.15) is 22.2 Å². The highest BCUT2D eigenvalue weighted by molar-refractivity contribution is 8.13. The van der Waals surface area contributed by atoms with Crippen LogP contribution in [-0.4, -0.2) is 13.4 Å². The molecule has 2 N–H and O–H groups in total. The Labute approximate surface area is 93.9 Å². The number of hydrogen-bond donors (Lipinski definition) is 1. The second-order valence-electron chi connectivity index (χ2n) is 2.65. The van der Waals surface area contributed by atoms with Crippen LogP contribution in [0.25, 0.3) is 0 Å². The van der Waals surface area contributed by atoms with Crippen molar-refractivity contribution in [3.63, 3.8) is 0 Å². The molecule has 9 heteroatoms. The Morgan fingerprint density at radius 2 is 2.12 bits per heavy atom. The van der Waals surface area contributed by atoms with Crippen LogP contribution in [0.1, 0.15) is 17.7 Å². The van der Waals surface area contributed by atoms with Crippen molar-refractivity contribution in [1.82, 2.24) is 4.98 Å². The van der Waals surface area contributed by atoms with E-state index in [0.717, 1.165) is 0 Å². The minimum Gasteiger partial charge on any atom is -0.396 e. The van der Waals surface area contributed by atoms with Crippen LogP contribution in [0.15, 0.2) is 11.1 Å². The first-order valence-electron chi connectivity index (χ1n) is 3.70. The number of nitrogens with zero attached hydrogens (tertiary/aromatic N) is 2. The van der Waals surface area contributed by atoms with Gasteiger partial charge >= 0.3 is 0 Å². The molecule has 0 aromatic carbocycles. The smallest absolute Gasteiger partial charge is 0.281 e. The molecular formula is C7H4ClF2N3O2S. The van der Waals surface area contributed by atoms with Crippen molar-refractivity contribution in [3.05, 3.63) is 17.5 Å². The number of nitriles is 1. The molecule has 0 unspecified atom stereocenters. The molecule has 1 aromatic rings. The third-order valence-electron chi connectivity index (χ3n) is 1.69. The lowest BCUT2D eigenvalue weighted by Gasteiger charge is -2.07. The van der Waals surface area contributed by atoms with E-state index < -0.39 is 37.3 Å². The molecule has 0 radical (unpaired) electrons. The highest BCUT2D eigenvalue weighted by Crippen LogP contribution is 2.30. The molecule has 0 saturated carbocycles. The number of nitrogen functional groups attached to an aromatic ring is 1. The maximum atomic E-state index is 12.4. The van der Waals surface area contributed by atoms with Gasteiger partial charge in [0.15, 0.2) is 0 Å². The zero-order valence-electron chi connectivity index (χ0n) is 7.49. The molecular weight excluding hydrogens is 264 g/mol. The fourth-order valence-electron chi connectivity index (χ4n) is 1.00. The van der Waals surface area contributed by atoms with Gasteiger partial charge in [-0.15, -0.1) is 0 Å². The van der Waals surface area contributed by atoms with E-state index in [1.54, 1.807) is 0 Å². The summed E-state index contributed by atoms with van der Waals surface area (Å²) in [4.78, 5) is 2.50. The predicted octanol–water partition coefficient (Wildman–Crippen LogP) is 1.40. The molecule has 0 amide bonds. The summed E-state index contributed by atoms with van der Waals surface area (Å²) in [6.07, 6.45) is -2.43. The van der Waals surface area contributed by atoms with Gasteiger partial charge in [0, 0.05) is 16.9 Å². The molecule has 86 valence electrons. The summed E-state index contributed by atoms with van der Waals surface area (Å²) < 4.78 is 46.6. The van der Waals surface area contributed by atoms with E-state index in [2.05, 4.69) is 4.98 Å². The van der Waals surface area contributed by atoms with Crippen LogP contribution in [-0.2, 0) is 9.05 Å². The Kier molecular flexibility index (Phi) is 3.30. The Morgan fingerprint density at radius 1 is 1.56 bits per heavy atom. The predicted molar refractivity (Wildman–Crippen MR) is 51.4 cm³/mol. The summed E-state index contributed by atoms with van der Waals surface area (Å²) in [6, 6.07) is 1.37. The summed E-state index contributed by atoms with van der Waals surface area (Å²) in [5.74, 6) is 0. The lowest BCUT2D eigenvalue weighted by Crippen LogP contribution is -2.06. The van der Waals surface area contributed by atoms with Crippen LogP contribution < -0.4 is 5.73 Å². The third-order valence-corrected chi connectivity index (χ3v) is 3.04. The van der Waals surface area contributed by atoms with Crippen LogP contribution in [0.2, 0.25) is 0 Å². The minimum absolute atomic E-state index is 0.597. The van der Waals surface area contributed by atoms with E-state index >= 15 is 0 Å². The molecule has 0 atom stereocenters. The molecule has 0 spiro atoms. The Morgan fingerprint density at radius 3 is 2.50 bits per heavy atom. The van der Waals surface area contributed by atoms with Crippen molar-refractivity contribution in [1.29, 1.82) is 5.26 Å². The molecule has 0 aliphatic rings. The molecule has 0 fully saturated rings. The normalized spacial score (nSPS) is 11.4. The number of aromatic nitrogens is 1. The van der Waals surface area contributed by atoms with E-state index in [4.69, 9.17) is 21.7 Å². The molecule has 1 heterocycles. The average molecular weight is 268 g/mol. The topological polar surface area (TPSA) is 96.8 Å². The number of nitrogens with two attached hydrogens (primary N) is 1. The summed E-state index contributed by atoms with van der Waals surface area (Å²) in [5.41, 5.74) is 3.08. The van der Waals surface area contributed by atoms with Gasteiger partial charge in [-0.3, -0.25) is 4.98 Å². The second-order valence-corrected chi connectivity index (χ2v) is 5.18. The standard InChI is InChI=1S/C7H4ClF2N3O2S/c8-16(14,15)4-2-13-6(7(9)10)3(1-11)5(4)12/h2,7H,(H2,12,13). The number of pyridine rings is 1. The van der Waals surface area contributed by atoms with Gasteiger partial charge in [-0.1, -0.05) is 0 Å². The first kappa shape index (κ1) is 12.6. The van der Waals surface area contributed by atoms with Crippen molar-refractivity contribution in [2.75, 3.05) is 5.73 Å². The van der Waals surface area contributed by atoms with Gasteiger partial charge < -0.3 is 5.73 Å². The van der Waals surface area contributed by atoms with Crippen molar-refractivity contribution in [3.8, 4) is 6.07 Å². The Hall–Kier alpha value is -1.46. The molecule has 0 aliphatic heterocycles. The summed E-state index contributed by atoms with van der Waals surface area (Å²) >= 11 is 0. The maximum absolute atomic E-state index is 12.4. The molecule has 0 bridgehead atoms. The second kappa shape index (κ2) is 4.19. The van der Waals surface area contributed by atoms with Crippen molar-refractivity contribution >= 4 is 25.4 Å². The number of hydrogen-bond acceptors (Lipinski definition) is 5. The van der Waals surface area contributed by atoms with Crippen molar-refractivity contribution in [2.45, 2.75) is 11.3 Å². The van der Waals surface area contributed by atoms with E-state index in [0.29, 0.717) is 6.20 Å². The molecule has 1 rings (SSSR count). The maximum Gasteiger partial charge on any atom is 0.281 e. The zero-order chi connectivity index (χ0) is 12.5. The summed E-state index contributed by atoms with van der Waals surface area (Å²) in [7, 11) is 0.760. The summed E-state index contributed by atoms with van der Waals surface area (Å²) in [6.45, 7) is 0. The van der Waals surface area contributed by atoms with Crippen LogP contribution in [0, 0.1) is 11.3 Å². The van der Waals surface area contributed by atoms with E-state index in [9.17, 15) is 17.2 Å². The average Bonchev–Trinajstić information content (AvgIpc) is 2.14. The van der Waals surface area contributed by atoms with Gasteiger partial charge in [-0.2, -0.15) is 5.26 Å². The number of rotatable bonds is 2. The number of alkyl halides is 2. The van der Waals surface area contributed by atoms with Gasteiger partial charge in [-0.25, -0.2) is 17.2 Å². The van der Waals surface area contributed by atoms with Crippen LogP contribution in [0.4, 0.5) is 14.5 Å². The van der Waals surface area contributed by atoms with Crippen LogP contribution in [0.5, 0.6) is 0 Å². The molecule has 5 nitrogen and oxygen atoms in total. The van der Waals surface area contributed by atoms with Gasteiger partial charge in [0.2, 0.25) is 0 Å². The molecule has 0 saturated heterocycles. The SMILES string of the molecule is N#Cc1c(C(F)F)ncc(S(=O)(=O)Cl)c1N. The minimum atomic E-state index is -4.22. The first-order chi connectivity index (χ1) is 7.29. The fourth-order valence-corrected chi connectivity index (χ4v) is 1.91. The van der Waals surface area contributed by atoms with E-state index in [1.807, 2.05) is 0 Å². The Balaban J connectivity index is 3.61. The highest BCUT2D eigenvalue weighted by atomic mass is 35.7. The zero-order valence-corrected chi connectivity index (χ0v) is 9.06. The summed E-state index contributed by atoms with van der Waals surface area (Å²) in [5, 5.41) is 8.60. The number of halogens is 3. The van der Waals surface area contributed by atoms with Gasteiger partial charge in [0.05, 0.1) is 5.69 Å². The third kappa shape index (κ3) is 2.20. The number of anilines is 1. The lowest BCUT2D eigenvalue weighted by molar-refractivity contribution is 0.145. The largest absolute Gasteiger partial charge is 0.396 e. The first-order valence-corrected chi connectivity index (χ1v) is 6.01. The molecule has 16 heavy (non-hydrogen) atoms. The molecule has 0 aliphatic carbocycles. The highest BCUT2D eigenvalue weighted by Gasteiger charge is 2.24. The quantitative estimate of drug-likeness (QED) is 0.817. The Bertz CT molecular complexity index is 568. The molecule has 1 aromatic heterocycles. The lowest BCUT2D eigenvalue weighted by atomic mass is 10.2. The van der Waals surface area contributed by atoms with Crippen LogP contribution >= 0.6 is 10.7 Å². The van der Waals surface area contributed by atoms with Crippen molar-refractivity contribution in [2.24, 2.45) is 0 Å². The van der Waals surface area contributed by atoms with E-state index in [1.165, 1.54) is 6.07 Å². The van der Waals surface area contributed by atoms with Gasteiger partial charge in [-0.05, 0) is 0 Å². The van der Waals surface area contributed by atoms with Crippen LogP contribution in [0.3, 0.4) is 0 Å². The fraction of sp³-hybridized carbons (Fsp3) is 0.143.